The SMILES string of the molecule is CC(C)(C)[Si](C)(C)Oc1cccc2c(=O)c3cccc(O[Si](C)(C)C(C)(C)C)c3sc12. The van der Waals surface area contributed by atoms with Gasteiger partial charge in [-0.1, -0.05) is 53.7 Å². The van der Waals surface area contributed by atoms with E-state index in [1.54, 1.807) is 11.3 Å². The van der Waals surface area contributed by atoms with Crippen LogP contribution in [0.15, 0.2) is 41.2 Å². The van der Waals surface area contributed by atoms with Crippen molar-refractivity contribution in [1.82, 2.24) is 0 Å². The Kier molecular flexibility index (Phi) is 6.00. The summed E-state index contributed by atoms with van der Waals surface area (Å²) in [5.41, 5.74) is 0.0464. The molecule has 3 rings (SSSR count). The van der Waals surface area contributed by atoms with Gasteiger partial charge in [0.1, 0.15) is 11.5 Å². The second-order valence-corrected chi connectivity index (χ2v) is 21.9. The lowest BCUT2D eigenvalue weighted by molar-refractivity contribution is 0.497. The van der Waals surface area contributed by atoms with Crippen molar-refractivity contribution in [2.24, 2.45) is 0 Å². The average Bonchev–Trinajstić information content (AvgIpc) is 2.61. The topological polar surface area (TPSA) is 35.5 Å². The zero-order valence-electron chi connectivity index (χ0n) is 20.6. The second kappa shape index (κ2) is 7.75. The normalized spacial score (nSPS) is 13.6. The first kappa shape index (κ1) is 24.0. The smallest absolute Gasteiger partial charge is 0.250 e. The first-order chi connectivity index (χ1) is 14.1. The summed E-state index contributed by atoms with van der Waals surface area (Å²) in [6, 6.07) is 11.7. The fourth-order valence-corrected chi connectivity index (χ4v) is 6.23. The van der Waals surface area contributed by atoms with Gasteiger partial charge in [0.25, 0.3) is 16.6 Å². The summed E-state index contributed by atoms with van der Waals surface area (Å²) in [7, 11) is -4.09. The summed E-state index contributed by atoms with van der Waals surface area (Å²) in [6.45, 7) is 22.3. The molecule has 0 radical (unpaired) electrons. The molecule has 0 atom stereocenters. The number of benzene rings is 2. The average molecular weight is 473 g/mol. The molecule has 0 spiro atoms. The third-order valence-corrected chi connectivity index (χ3v) is 16.9. The molecule has 168 valence electrons. The summed E-state index contributed by atoms with van der Waals surface area (Å²) < 4.78 is 15.1. The molecule has 0 aliphatic heterocycles. The highest BCUT2D eigenvalue weighted by molar-refractivity contribution is 7.25. The number of hydrogen-bond acceptors (Lipinski definition) is 4. The Bertz CT molecular complexity index is 1090. The van der Waals surface area contributed by atoms with Crippen LogP contribution >= 0.6 is 11.3 Å². The van der Waals surface area contributed by atoms with E-state index < -0.39 is 16.6 Å². The molecule has 1 aromatic heterocycles. The minimum Gasteiger partial charge on any atom is -0.543 e. The van der Waals surface area contributed by atoms with Crippen molar-refractivity contribution in [1.29, 1.82) is 0 Å². The molecule has 1 heterocycles. The van der Waals surface area contributed by atoms with Crippen LogP contribution in [-0.4, -0.2) is 16.6 Å². The minimum atomic E-state index is -2.04. The van der Waals surface area contributed by atoms with Crippen molar-refractivity contribution in [3.8, 4) is 11.5 Å². The van der Waals surface area contributed by atoms with Crippen LogP contribution in [-0.2, 0) is 0 Å². The molecule has 2 aromatic carbocycles. The highest BCUT2D eigenvalue weighted by atomic mass is 32.1. The monoisotopic (exact) mass is 472 g/mol. The maximum absolute atomic E-state index is 13.4. The maximum atomic E-state index is 13.4. The molecule has 0 N–H and O–H groups in total. The Morgan fingerprint density at radius 3 is 1.35 bits per heavy atom. The van der Waals surface area contributed by atoms with Crippen molar-refractivity contribution in [3.05, 3.63) is 46.6 Å². The Hall–Kier alpha value is -1.64. The zero-order valence-corrected chi connectivity index (χ0v) is 23.4. The third kappa shape index (κ3) is 4.48. The molecule has 0 aliphatic rings. The molecular weight excluding hydrogens is 437 g/mol. The zero-order chi connectivity index (χ0) is 23.4. The lowest BCUT2D eigenvalue weighted by Gasteiger charge is -2.37. The minimum absolute atomic E-state index is 0.0464. The maximum Gasteiger partial charge on any atom is 0.250 e. The lowest BCUT2D eigenvalue weighted by Crippen LogP contribution is -2.44. The van der Waals surface area contributed by atoms with Gasteiger partial charge in [0.05, 0.1) is 9.40 Å². The van der Waals surface area contributed by atoms with Gasteiger partial charge >= 0.3 is 0 Å². The van der Waals surface area contributed by atoms with E-state index in [1.165, 1.54) is 0 Å². The molecule has 0 amide bonds. The second-order valence-electron chi connectivity index (χ2n) is 11.4. The van der Waals surface area contributed by atoms with Gasteiger partial charge in [-0.15, -0.1) is 11.3 Å². The molecule has 3 nitrogen and oxygen atoms in total. The van der Waals surface area contributed by atoms with Crippen molar-refractivity contribution in [3.63, 3.8) is 0 Å². The lowest BCUT2D eigenvalue weighted by atomic mass is 10.1. The summed E-state index contributed by atoms with van der Waals surface area (Å²) in [5, 5.41) is 1.60. The molecule has 3 aromatic rings. The van der Waals surface area contributed by atoms with Gasteiger partial charge in [0.2, 0.25) is 0 Å². The Balaban J connectivity index is 2.25. The van der Waals surface area contributed by atoms with E-state index >= 15 is 0 Å². The number of hydrogen-bond donors (Lipinski definition) is 0. The van der Waals surface area contributed by atoms with Crippen molar-refractivity contribution in [2.75, 3.05) is 0 Å². The molecule has 6 heteroatoms. The predicted molar refractivity (Wildman–Crippen MR) is 141 cm³/mol. The van der Waals surface area contributed by atoms with Gasteiger partial charge in [-0.2, -0.15) is 0 Å². The van der Waals surface area contributed by atoms with Crippen LogP contribution in [0.2, 0.25) is 36.3 Å². The van der Waals surface area contributed by atoms with E-state index in [1.807, 2.05) is 36.4 Å². The molecule has 31 heavy (non-hydrogen) atoms. The fourth-order valence-electron chi connectivity index (χ4n) is 2.86. The van der Waals surface area contributed by atoms with Crippen LogP contribution in [0.3, 0.4) is 0 Å². The molecule has 0 fully saturated rings. The van der Waals surface area contributed by atoms with Crippen molar-refractivity contribution >= 4 is 48.1 Å². The van der Waals surface area contributed by atoms with E-state index in [9.17, 15) is 4.79 Å². The van der Waals surface area contributed by atoms with Gasteiger partial charge in [0, 0.05) is 10.8 Å². The molecule has 0 saturated heterocycles. The van der Waals surface area contributed by atoms with Gasteiger partial charge < -0.3 is 8.85 Å². The largest absolute Gasteiger partial charge is 0.543 e. The van der Waals surface area contributed by atoms with Crippen LogP contribution < -0.4 is 14.3 Å². The first-order valence-electron chi connectivity index (χ1n) is 10.9. The van der Waals surface area contributed by atoms with Crippen molar-refractivity contribution < 1.29 is 8.85 Å². The highest BCUT2D eigenvalue weighted by Crippen LogP contribution is 2.43. The van der Waals surface area contributed by atoms with Gasteiger partial charge in [-0.05, 0) is 60.5 Å². The first-order valence-corrected chi connectivity index (χ1v) is 17.5. The quantitative estimate of drug-likeness (QED) is 0.284. The summed E-state index contributed by atoms with van der Waals surface area (Å²) in [4.78, 5) is 13.4. The molecule has 0 bridgehead atoms. The molecule has 0 unspecified atom stereocenters. The van der Waals surface area contributed by atoms with Gasteiger partial charge in [-0.3, -0.25) is 4.79 Å². The molecule has 0 aliphatic carbocycles. The van der Waals surface area contributed by atoms with E-state index in [2.05, 4.69) is 67.7 Å². The Labute approximate surface area is 192 Å². The Morgan fingerprint density at radius 2 is 1.03 bits per heavy atom. The Morgan fingerprint density at radius 1 is 0.677 bits per heavy atom. The van der Waals surface area contributed by atoms with Crippen LogP contribution in [0.5, 0.6) is 11.5 Å². The van der Waals surface area contributed by atoms with E-state index in [0.717, 1.165) is 31.7 Å². The summed E-state index contributed by atoms with van der Waals surface area (Å²) >= 11 is 1.62. The van der Waals surface area contributed by atoms with Crippen molar-refractivity contribution in [2.45, 2.75) is 77.8 Å². The molecule has 0 saturated carbocycles. The van der Waals surface area contributed by atoms with Gasteiger partial charge in [0.15, 0.2) is 5.43 Å². The summed E-state index contributed by atoms with van der Waals surface area (Å²) in [5.74, 6) is 1.63. The van der Waals surface area contributed by atoms with Crippen LogP contribution in [0.25, 0.3) is 20.2 Å². The number of rotatable bonds is 4. The van der Waals surface area contributed by atoms with Crippen LogP contribution in [0.4, 0.5) is 0 Å². The third-order valence-electron chi connectivity index (χ3n) is 6.99. The highest BCUT2D eigenvalue weighted by Gasteiger charge is 2.40. The fraction of sp³-hybridized carbons (Fsp3) is 0.480. The predicted octanol–water partition coefficient (Wildman–Crippen LogP) is 8.18. The summed E-state index contributed by atoms with van der Waals surface area (Å²) in [6.07, 6.45) is 0. The number of fused-ring (bicyclic) bond motifs is 2. The van der Waals surface area contributed by atoms with Gasteiger partial charge in [-0.25, -0.2) is 0 Å². The standard InChI is InChI=1S/C25H36O3SSi2/c1-24(2,3)30(7,8)27-19-15-11-13-17-21(26)18-14-12-16-20(23(18)29-22(17)19)28-31(9,10)25(4,5)6/h11-16H,1-10H3. The van der Waals surface area contributed by atoms with E-state index in [4.69, 9.17) is 8.85 Å². The molecular formula is C25H36O3SSi2. The van der Waals surface area contributed by atoms with E-state index in [-0.39, 0.29) is 15.5 Å². The van der Waals surface area contributed by atoms with Crippen LogP contribution in [0, 0.1) is 0 Å². The van der Waals surface area contributed by atoms with Crippen LogP contribution in [0.1, 0.15) is 41.5 Å². The van der Waals surface area contributed by atoms with E-state index in [0.29, 0.717) is 0 Å².